The Morgan fingerprint density at radius 1 is 1.29 bits per heavy atom. The van der Waals surface area contributed by atoms with Crippen LogP contribution in [0.4, 0.5) is 5.69 Å². The Morgan fingerprint density at radius 2 is 1.96 bits per heavy atom. The molecule has 1 N–H and O–H groups in total. The van der Waals surface area contributed by atoms with Gasteiger partial charge in [0.25, 0.3) is 11.6 Å². The molecule has 2 aromatic carbocycles. The van der Waals surface area contributed by atoms with Crippen LogP contribution < -0.4 is 10.2 Å². The monoisotopic (exact) mass is 391 g/mol. The number of hydrogen-bond donors (Lipinski definition) is 1. The first-order valence-corrected chi connectivity index (χ1v) is 7.75. The van der Waals surface area contributed by atoms with Crippen LogP contribution in [0.15, 0.2) is 58.1 Å². The van der Waals surface area contributed by atoms with Crippen molar-refractivity contribution in [2.24, 2.45) is 5.10 Å². The number of amides is 1. The third-order valence-electron chi connectivity index (χ3n) is 3.01. The van der Waals surface area contributed by atoms with Crippen LogP contribution in [-0.2, 0) is 4.79 Å². The van der Waals surface area contributed by atoms with Crippen molar-refractivity contribution in [2.75, 3.05) is 0 Å². The van der Waals surface area contributed by atoms with Gasteiger partial charge in [-0.1, -0.05) is 28.1 Å². The molecule has 0 aliphatic carbocycles. The maximum atomic E-state index is 11.9. The summed E-state index contributed by atoms with van der Waals surface area (Å²) in [5.41, 5.74) is 2.51. The average molecular weight is 392 g/mol. The van der Waals surface area contributed by atoms with E-state index in [1.807, 2.05) is 0 Å². The fourth-order valence-electron chi connectivity index (χ4n) is 1.79. The highest BCUT2D eigenvalue weighted by Gasteiger charge is 2.14. The van der Waals surface area contributed by atoms with E-state index in [4.69, 9.17) is 4.74 Å². The van der Waals surface area contributed by atoms with E-state index >= 15 is 0 Å². The Kier molecular flexibility index (Phi) is 6.02. The minimum atomic E-state index is -0.769. The number of carbonyl (C=O) groups excluding carboxylic acids is 1. The van der Waals surface area contributed by atoms with Crippen LogP contribution in [0.25, 0.3) is 0 Å². The number of nitrogens with zero attached hydrogens (tertiary/aromatic N) is 2. The highest BCUT2D eigenvalue weighted by atomic mass is 79.9. The zero-order valence-electron chi connectivity index (χ0n) is 12.7. The zero-order valence-corrected chi connectivity index (χ0v) is 14.3. The van der Waals surface area contributed by atoms with E-state index in [1.54, 1.807) is 43.3 Å². The molecule has 0 spiro atoms. The first kappa shape index (κ1) is 17.6. The number of hydrogen-bond acceptors (Lipinski definition) is 5. The lowest BCUT2D eigenvalue weighted by Gasteiger charge is -2.12. The molecule has 1 atom stereocenters. The quantitative estimate of drug-likeness (QED) is 0.464. The second-order valence-corrected chi connectivity index (χ2v) is 5.68. The van der Waals surface area contributed by atoms with Crippen molar-refractivity contribution in [1.29, 1.82) is 0 Å². The smallest absolute Gasteiger partial charge is 0.280 e. The fraction of sp³-hybridized carbons (Fsp3) is 0.125. The van der Waals surface area contributed by atoms with E-state index < -0.39 is 16.9 Å². The molecular formula is C16H14BrN3O4. The summed E-state index contributed by atoms with van der Waals surface area (Å²) in [6.45, 7) is 1.58. The number of nitro groups is 1. The van der Waals surface area contributed by atoms with Crippen LogP contribution in [0.5, 0.6) is 5.75 Å². The Morgan fingerprint density at radius 3 is 2.62 bits per heavy atom. The first-order valence-electron chi connectivity index (χ1n) is 6.96. The number of benzene rings is 2. The molecule has 0 unspecified atom stereocenters. The summed E-state index contributed by atoms with van der Waals surface area (Å²) in [5.74, 6) is 0.0799. The van der Waals surface area contributed by atoms with Gasteiger partial charge in [-0.05, 0) is 37.3 Å². The summed E-state index contributed by atoms with van der Waals surface area (Å²) in [6, 6.07) is 13.2. The summed E-state index contributed by atoms with van der Waals surface area (Å²) in [5, 5.41) is 14.6. The maximum Gasteiger partial charge on any atom is 0.280 e. The highest BCUT2D eigenvalue weighted by Crippen LogP contribution is 2.17. The predicted molar refractivity (Wildman–Crippen MR) is 93.1 cm³/mol. The molecule has 7 nitrogen and oxygen atoms in total. The van der Waals surface area contributed by atoms with Crippen molar-refractivity contribution in [3.05, 3.63) is 68.7 Å². The number of hydrazone groups is 1. The van der Waals surface area contributed by atoms with Crippen molar-refractivity contribution in [1.82, 2.24) is 5.43 Å². The van der Waals surface area contributed by atoms with Crippen LogP contribution >= 0.6 is 15.9 Å². The molecule has 0 saturated carbocycles. The van der Waals surface area contributed by atoms with Crippen LogP contribution in [0, 0.1) is 10.1 Å². The van der Waals surface area contributed by atoms with Gasteiger partial charge in [-0.3, -0.25) is 14.9 Å². The van der Waals surface area contributed by atoms with E-state index in [0.29, 0.717) is 11.3 Å². The highest BCUT2D eigenvalue weighted by molar-refractivity contribution is 9.10. The van der Waals surface area contributed by atoms with Crippen LogP contribution in [0.2, 0.25) is 0 Å². The van der Waals surface area contributed by atoms with Crippen molar-refractivity contribution in [2.45, 2.75) is 13.0 Å². The SMILES string of the molecule is C[C@@H](Oc1ccc(Br)cc1)C(=O)N/N=C\c1ccccc1[N+](=O)[O-]. The Hall–Kier alpha value is -2.74. The minimum Gasteiger partial charge on any atom is -0.481 e. The normalized spacial score (nSPS) is 11.9. The van der Waals surface area contributed by atoms with E-state index in [2.05, 4.69) is 26.5 Å². The van der Waals surface area contributed by atoms with E-state index in [9.17, 15) is 14.9 Å². The molecule has 0 saturated heterocycles. The Bertz CT molecular complexity index is 762. The average Bonchev–Trinajstić information content (AvgIpc) is 2.57. The van der Waals surface area contributed by atoms with Gasteiger partial charge in [0.15, 0.2) is 6.10 Å². The van der Waals surface area contributed by atoms with Gasteiger partial charge in [0, 0.05) is 10.5 Å². The second-order valence-electron chi connectivity index (χ2n) is 4.76. The van der Waals surface area contributed by atoms with E-state index in [1.165, 1.54) is 18.3 Å². The van der Waals surface area contributed by atoms with Gasteiger partial charge in [0.05, 0.1) is 16.7 Å². The third-order valence-corrected chi connectivity index (χ3v) is 3.54. The van der Waals surface area contributed by atoms with Crippen LogP contribution in [0.1, 0.15) is 12.5 Å². The summed E-state index contributed by atoms with van der Waals surface area (Å²) in [6.07, 6.45) is 0.455. The number of nitro benzene ring substituents is 1. The Balaban J connectivity index is 1.95. The maximum absolute atomic E-state index is 11.9. The third kappa shape index (κ3) is 4.88. The topological polar surface area (TPSA) is 93.8 Å². The van der Waals surface area contributed by atoms with Gasteiger partial charge in [0.2, 0.25) is 0 Å². The van der Waals surface area contributed by atoms with Crippen LogP contribution in [-0.4, -0.2) is 23.1 Å². The number of para-hydroxylation sites is 1. The molecule has 2 aromatic rings. The Labute approximate surface area is 146 Å². The lowest BCUT2D eigenvalue weighted by molar-refractivity contribution is -0.385. The number of carbonyl (C=O) groups is 1. The molecular weight excluding hydrogens is 378 g/mol. The number of ether oxygens (including phenoxy) is 1. The van der Waals surface area contributed by atoms with Gasteiger partial charge in [-0.25, -0.2) is 5.43 Å². The molecule has 24 heavy (non-hydrogen) atoms. The summed E-state index contributed by atoms with van der Waals surface area (Å²) >= 11 is 3.31. The van der Waals surface area contributed by atoms with Gasteiger partial charge in [0.1, 0.15) is 5.75 Å². The molecule has 0 bridgehead atoms. The fourth-order valence-corrected chi connectivity index (χ4v) is 2.05. The molecule has 0 fully saturated rings. The first-order chi connectivity index (χ1) is 11.5. The van der Waals surface area contributed by atoms with Crippen molar-refractivity contribution < 1.29 is 14.5 Å². The molecule has 124 valence electrons. The molecule has 0 heterocycles. The summed E-state index contributed by atoms with van der Waals surface area (Å²) in [4.78, 5) is 22.3. The van der Waals surface area contributed by atoms with Gasteiger partial charge in [-0.15, -0.1) is 0 Å². The molecule has 1 amide bonds. The molecule has 0 aliphatic rings. The molecule has 8 heteroatoms. The number of rotatable bonds is 6. The number of halogens is 1. The van der Waals surface area contributed by atoms with Crippen molar-refractivity contribution in [3.8, 4) is 5.75 Å². The lowest BCUT2D eigenvalue weighted by Crippen LogP contribution is -2.33. The van der Waals surface area contributed by atoms with Crippen LogP contribution in [0.3, 0.4) is 0 Å². The van der Waals surface area contributed by atoms with Gasteiger partial charge >= 0.3 is 0 Å². The van der Waals surface area contributed by atoms with Gasteiger partial charge < -0.3 is 4.74 Å². The van der Waals surface area contributed by atoms with E-state index in [-0.39, 0.29) is 5.69 Å². The predicted octanol–water partition coefficient (Wildman–Crippen LogP) is 3.27. The van der Waals surface area contributed by atoms with Gasteiger partial charge in [-0.2, -0.15) is 5.10 Å². The van der Waals surface area contributed by atoms with Crippen molar-refractivity contribution >= 4 is 33.7 Å². The standard InChI is InChI=1S/C16H14BrN3O4/c1-11(24-14-8-6-13(17)7-9-14)16(21)19-18-10-12-4-2-3-5-15(12)20(22)23/h2-11H,1H3,(H,19,21)/b18-10-/t11-/m1/s1. The number of nitrogens with one attached hydrogen (secondary N) is 1. The molecule has 0 aromatic heterocycles. The lowest BCUT2D eigenvalue weighted by atomic mass is 10.2. The summed E-state index contributed by atoms with van der Waals surface area (Å²) in [7, 11) is 0. The molecule has 2 rings (SSSR count). The largest absolute Gasteiger partial charge is 0.481 e. The molecule has 0 radical (unpaired) electrons. The second kappa shape index (κ2) is 8.21. The molecule has 0 aliphatic heterocycles. The zero-order chi connectivity index (χ0) is 17.5. The van der Waals surface area contributed by atoms with Crippen molar-refractivity contribution in [3.63, 3.8) is 0 Å². The summed E-state index contributed by atoms with van der Waals surface area (Å²) < 4.78 is 6.38. The minimum absolute atomic E-state index is 0.0883. The van der Waals surface area contributed by atoms with E-state index in [0.717, 1.165) is 4.47 Å².